The van der Waals surface area contributed by atoms with Crippen molar-refractivity contribution in [3.05, 3.63) is 29.8 Å². The molecule has 2 heteroatoms. The van der Waals surface area contributed by atoms with Crippen LogP contribution in [-0.4, -0.2) is 12.4 Å². The lowest BCUT2D eigenvalue weighted by Crippen LogP contribution is -2.14. The molecule has 0 radical (unpaired) electrons. The second-order valence-corrected chi connectivity index (χ2v) is 4.76. The third-order valence-corrected chi connectivity index (χ3v) is 3.84. The zero-order valence-electron chi connectivity index (χ0n) is 9.20. The lowest BCUT2D eigenvalue weighted by molar-refractivity contribution is 0.250. The van der Waals surface area contributed by atoms with Crippen molar-refractivity contribution in [2.75, 3.05) is 12.4 Å². The van der Waals surface area contributed by atoms with Gasteiger partial charge in [-0.2, -0.15) is 12.6 Å². The van der Waals surface area contributed by atoms with Gasteiger partial charge in [0.2, 0.25) is 0 Å². The van der Waals surface area contributed by atoms with Crippen molar-refractivity contribution in [2.45, 2.75) is 26.2 Å². The van der Waals surface area contributed by atoms with Crippen molar-refractivity contribution in [3.8, 4) is 5.75 Å². The molecule has 2 rings (SSSR count). The van der Waals surface area contributed by atoms with Crippen molar-refractivity contribution in [1.29, 1.82) is 0 Å². The largest absolute Gasteiger partial charge is 0.493 e. The molecule has 0 N–H and O–H groups in total. The van der Waals surface area contributed by atoms with E-state index in [1.165, 1.54) is 18.4 Å². The minimum Gasteiger partial charge on any atom is -0.493 e. The molecular weight excluding hydrogens is 204 g/mol. The molecule has 0 amide bonds. The summed E-state index contributed by atoms with van der Waals surface area (Å²) in [6, 6.07) is 8.39. The number of hydrogen-bond donors (Lipinski definition) is 1. The molecule has 0 atom stereocenters. The van der Waals surface area contributed by atoms with E-state index in [9.17, 15) is 0 Å². The van der Waals surface area contributed by atoms with Crippen molar-refractivity contribution < 1.29 is 4.74 Å². The zero-order valence-corrected chi connectivity index (χ0v) is 10.1. The van der Waals surface area contributed by atoms with Gasteiger partial charge in [-0.25, -0.2) is 0 Å². The highest BCUT2D eigenvalue weighted by atomic mass is 32.1. The Balaban J connectivity index is 1.88. The van der Waals surface area contributed by atoms with E-state index in [0.29, 0.717) is 5.41 Å². The van der Waals surface area contributed by atoms with E-state index in [1.807, 2.05) is 0 Å². The normalized spacial score (nSPS) is 17.5. The standard InChI is InChI=1S/C13H18OS/c1-2-11-3-5-12(6-4-11)14-9-13(10-15)7-8-13/h3-6,15H,2,7-10H2,1H3. The maximum absolute atomic E-state index is 5.77. The van der Waals surface area contributed by atoms with Crippen LogP contribution in [0.4, 0.5) is 0 Å². The van der Waals surface area contributed by atoms with E-state index in [-0.39, 0.29) is 0 Å². The minimum absolute atomic E-state index is 0.381. The Hall–Kier alpha value is -0.630. The molecule has 1 aliphatic carbocycles. The Morgan fingerprint density at radius 2 is 1.93 bits per heavy atom. The van der Waals surface area contributed by atoms with Crippen molar-refractivity contribution in [3.63, 3.8) is 0 Å². The first kappa shape index (κ1) is 10.9. The Bertz CT molecular complexity index is 314. The Morgan fingerprint density at radius 1 is 1.27 bits per heavy atom. The smallest absolute Gasteiger partial charge is 0.119 e. The molecule has 1 aliphatic rings. The molecule has 82 valence electrons. The first-order valence-electron chi connectivity index (χ1n) is 5.61. The first-order chi connectivity index (χ1) is 7.28. The van der Waals surface area contributed by atoms with Crippen molar-refractivity contribution in [1.82, 2.24) is 0 Å². The molecule has 1 fully saturated rings. The van der Waals surface area contributed by atoms with Crippen LogP contribution < -0.4 is 4.74 Å². The fraction of sp³-hybridized carbons (Fsp3) is 0.538. The molecule has 0 bridgehead atoms. The van der Waals surface area contributed by atoms with Crippen LogP contribution in [0.3, 0.4) is 0 Å². The van der Waals surface area contributed by atoms with Gasteiger partial charge in [0, 0.05) is 5.41 Å². The highest BCUT2D eigenvalue weighted by Gasteiger charge is 2.42. The first-order valence-corrected chi connectivity index (χ1v) is 6.24. The monoisotopic (exact) mass is 222 g/mol. The zero-order chi connectivity index (χ0) is 10.7. The summed E-state index contributed by atoms with van der Waals surface area (Å²) in [5, 5.41) is 0. The van der Waals surface area contributed by atoms with E-state index in [1.54, 1.807) is 0 Å². The van der Waals surface area contributed by atoms with Gasteiger partial charge in [0.1, 0.15) is 5.75 Å². The van der Waals surface area contributed by atoms with Crippen LogP contribution in [0.15, 0.2) is 24.3 Å². The summed E-state index contributed by atoms with van der Waals surface area (Å²) in [5.74, 6) is 1.93. The van der Waals surface area contributed by atoms with Gasteiger partial charge in [-0.15, -0.1) is 0 Å². The van der Waals surface area contributed by atoms with Crippen LogP contribution in [0.25, 0.3) is 0 Å². The Morgan fingerprint density at radius 3 is 2.40 bits per heavy atom. The summed E-state index contributed by atoms with van der Waals surface area (Å²) in [7, 11) is 0. The van der Waals surface area contributed by atoms with Crippen LogP contribution in [0.2, 0.25) is 0 Å². The quantitative estimate of drug-likeness (QED) is 0.752. The topological polar surface area (TPSA) is 9.23 Å². The van der Waals surface area contributed by atoms with E-state index in [0.717, 1.165) is 24.5 Å². The highest BCUT2D eigenvalue weighted by molar-refractivity contribution is 7.80. The molecule has 15 heavy (non-hydrogen) atoms. The van der Waals surface area contributed by atoms with Crippen LogP contribution >= 0.6 is 12.6 Å². The number of aryl methyl sites for hydroxylation is 1. The van der Waals surface area contributed by atoms with Gasteiger partial charge in [0.05, 0.1) is 6.61 Å². The average molecular weight is 222 g/mol. The Kier molecular flexibility index (Phi) is 3.25. The van der Waals surface area contributed by atoms with Crippen LogP contribution in [0.5, 0.6) is 5.75 Å². The van der Waals surface area contributed by atoms with E-state index < -0.39 is 0 Å². The van der Waals surface area contributed by atoms with Crippen molar-refractivity contribution >= 4 is 12.6 Å². The molecule has 1 nitrogen and oxygen atoms in total. The maximum atomic E-state index is 5.77. The van der Waals surface area contributed by atoms with Crippen molar-refractivity contribution in [2.24, 2.45) is 5.41 Å². The third-order valence-electron chi connectivity index (χ3n) is 3.17. The summed E-state index contributed by atoms with van der Waals surface area (Å²) < 4.78 is 5.77. The van der Waals surface area contributed by atoms with E-state index in [2.05, 4.69) is 43.8 Å². The number of thiol groups is 1. The third kappa shape index (κ3) is 2.69. The number of hydrogen-bond acceptors (Lipinski definition) is 2. The van der Waals surface area contributed by atoms with Gasteiger partial charge < -0.3 is 4.74 Å². The molecule has 0 spiro atoms. The molecule has 0 heterocycles. The van der Waals surface area contributed by atoms with E-state index >= 15 is 0 Å². The summed E-state index contributed by atoms with van der Waals surface area (Å²) in [6.45, 7) is 2.98. The van der Waals surface area contributed by atoms with Gasteiger partial charge in [-0.1, -0.05) is 19.1 Å². The molecule has 0 aromatic heterocycles. The highest BCUT2D eigenvalue weighted by Crippen LogP contribution is 2.46. The van der Waals surface area contributed by atoms with Gasteiger partial charge in [-0.05, 0) is 42.7 Å². The summed E-state index contributed by atoms with van der Waals surface area (Å²) in [6.07, 6.45) is 3.62. The number of rotatable bonds is 5. The molecule has 0 saturated heterocycles. The molecule has 1 saturated carbocycles. The average Bonchev–Trinajstić information content (AvgIpc) is 3.08. The second kappa shape index (κ2) is 4.48. The SMILES string of the molecule is CCc1ccc(OCC2(CS)CC2)cc1. The van der Waals surface area contributed by atoms with Gasteiger partial charge in [0.15, 0.2) is 0 Å². The number of benzene rings is 1. The predicted octanol–water partition coefficient (Wildman–Crippen LogP) is 3.34. The summed E-state index contributed by atoms with van der Waals surface area (Å²) in [5.41, 5.74) is 1.74. The second-order valence-electron chi connectivity index (χ2n) is 4.44. The molecule has 0 aliphatic heterocycles. The van der Waals surface area contributed by atoms with Gasteiger partial charge in [-0.3, -0.25) is 0 Å². The molecule has 1 aromatic carbocycles. The summed E-state index contributed by atoms with van der Waals surface area (Å²) >= 11 is 4.36. The van der Waals surface area contributed by atoms with Gasteiger partial charge in [0.25, 0.3) is 0 Å². The predicted molar refractivity (Wildman–Crippen MR) is 66.8 cm³/mol. The van der Waals surface area contributed by atoms with E-state index in [4.69, 9.17) is 4.74 Å². The van der Waals surface area contributed by atoms with Crippen LogP contribution in [-0.2, 0) is 6.42 Å². The van der Waals surface area contributed by atoms with Crippen LogP contribution in [0.1, 0.15) is 25.3 Å². The summed E-state index contributed by atoms with van der Waals surface area (Å²) in [4.78, 5) is 0. The van der Waals surface area contributed by atoms with Crippen LogP contribution in [0, 0.1) is 5.41 Å². The van der Waals surface area contributed by atoms with Gasteiger partial charge >= 0.3 is 0 Å². The maximum Gasteiger partial charge on any atom is 0.119 e. The molecular formula is C13H18OS. The fourth-order valence-corrected chi connectivity index (χ4v) is 1.99. The Labute approximate surface area is 97.2 Å². The fourth-order valence-electron chi connectivity index (χ4n) is 1.58. The number of ether oxygens (including phenoxy) is 1. The molecule has 0 unspecified atom stereocenters. The lowest BCUT2D eigenvalue weighted by Gasteiger charge is -2.13. The molecule has 1 aromatic rings. The minimum atomic E-state index is 0.381. The lowest BCUT2D eigenvalue weighted by atomic mass is 10.1.